The maximum atomic E-state index is 5.99. The van der Waals surface area contributed by atoms with E-state index in [1.807, 2.05) is 12.1 Å². The summed E-state index contributed by atoms with van der Waals surface area (Å²) in [7, 11) is 3.48. The summed E-state index contributed by atoms with van der Waals surface area (Å²) in [5, 5.41) is 2.41. The Morgan fingerprint density at radius 1 is 1.07 bits per heavy atom. The van der Waals surface area contributed by atoms with Gasteiger partial charge in [0.2, 0.25) is 0 Å². The number of hydrogen-bond donors (Lipinski definition) is 1. The third-order valence-electron chi connectivity index (χ3n) is 6.06. The average Bonchev–Trinajstić information content (AvgIpc) is 2.73. The molecule has 4 nitrogen and oxygen atoms in total. The van der Waals surface area contributed by atoms with Gasteiger partial charge in [-0.05, 0) is 74.4 Å². The first-order valence-electron chi connectivity index (χ1n) is 10.7. The van der Waals surface area contributed by atoms with Gasteiger partial charge in [-0.15, -0.1) is 0 Å². The zero-order chi connectivity index (χ0) is 20.7. The second-order valence-corrected chi connectivity index (χ2v) is 8.63. The van der Waals surface area contributed by atoms with E-state index in [1.165, 1.54) is 11.1 Å². The largest absolute Gasteiger partial charge is 0.497 e. The molecule has 2 N–H and O–H groups in total. The van der Waals surface area contributed by atoms with Crippen molar-refractivity contribution >= 4 is 0 Å². The van der Waals surface area contributed by atoms with Crippen LogP contribution in [0.25, 0.3) is 0 Å². The van der Waals surface area contributed by atoms with E-state index in [2.05, 4.69) is 55.6 Å². The molecular weight excluding hydrogens is 362 g/mol. The lowest BCUT2D eigenvalue weighted by Gasteiger charge is -2.39. The Labute approximate surface area is 175 Å². The van der Waals surface area contributed by atoms with Crippen molar-refractivity contribution in [1.29, 1.82) is 0 Å². The molecular formula is C25H36NO3+. The topological polar surface area (TPSA) is 44.3 Å². The fourth-order valence-corrected chi connectivity index (χ4v) is 4.57. The summed E-state index contributed by atoms with van der Waals surface area (Å²) in [6.07, 6.45) is 3.34. The van der Waals surface area contributed by atoms with Gasteiger partial charge in [0, 0.05) is 18.6 Å². The van der Waals surface area contributed by atoms with Crippen LogP contribution in [0.5, 0.6) is 11.5 Å². The normalized spacial score (nSPS) is 19.5. The molecule has 2 aromatic carbocycles. The summed E-state index contributed by atoms with van der Waals surface area (Å²) in [4.78, 5) is 0. The molecule has 0 unspecified atom stereocenters. The smallest absolute Gasteiger partial charge is 0.122 e. The Morgan fingerprint density at radius 3 is 2.52 bits per heavy atom. The molecule has 1 saturated heterocycles. The molecule has 2 aromatic rings. The van der Waals surface area contributed by atoms with Gasteiger partial charge in [0.25, 0.3) is 0 Å². The first kappa shape index (κ1) is 21.7. The number of hydrogen-bond acceptors (Lipinski definition) is 3. The van der Waals surface area contributed by atoms with Crippen molar-refractivity contribution in [3.63, 3.8) is 0 Å². The molecule has 0 aromatic heterocycles. The van der Waals surface area contributed by atoms with E-state index in [0.29, 0.717) is 11.8 Å². The van der Waals surface area contributed by atoms with Crippen LogP contribution in [0.4, 0.5) is 0 Å². The van der Waals surface area contributed by atoms with Crippen LogP contribution in [0.1, 0.15) is 50.2 Å². The lowest BCUT2D eigenvalue weighted by Crippen LogP contribution is -2.82. The van der Waals surface area contributed by atoms with E-state index in [0.717, 1.165) is 50.5 Å². The highest BCUT2D eigenvalue weighted by atomic mass is 16.5. The standard InChI is InChI=1S/C25H35NO3/c1-25(2)17-20(14-16-29-25)22(23-7-5-6-8-24(23)28-4)13-15-26-18-19-9-11-21(27-3)12-10-19/h5-12,20,22,26H,13-18H2,1-4H3/p+1/t20-,22-/m0/s1. The van der Waals surface area contributed by atoms with Crippen LogP contribution in [-0.2, 0) is 11.3 Å². The predicted molar refractivity (Wildman–Crippen MR) is 117 cm³/mol. The Kier molecular flexibility index (Phi) is 7.57. The van der Waals surface area contributed by atoms with Crippen LogP contribution in [0.2, 0.25) is 0 Å². The highest BCUT2D eigenvalue weighted by molar-refractivity contribution is 5.36. The molecule has 1 heterocycles. The monoisotopic (exact) mass is 398 g/mol. The third-order valence-corrected chi connectivity index (χ3v) is 6.06. The number of quaternary nitrogens is 1. The van der Waals surface area contributed by atoms with Gasteiger partial charge in [-0.1, -0.05) is 18.2 Å². The Balaban J connectivity index is 1.66. The van der Waals surface area contributed by atoms with Crippen LogP contribution in [-0.4, -0.2) is 33.0 Å². The molecule has 0 amide bonds. The zero-order valence-corrected chi connectivity index (χ0v) is 18.3. The number of nitrogens with two attached hydrogens (primary N) is 1. The Bertz CT molecular complexity index is 757. The third kappa shape index (κ3) is 5.97. The number of benzene rings is 2. The molecule has 0 aliphatic carbocycles. The predicted octanol–water partition coefficient (Wildman–Crippen LogP) is 4.15. The summed E-state index contributed by atoms with van der Waals surface area (Å²) in [5.41, 5.74) is 2.62. The molecule has 0 saturated carbocycles. The van der Waals surface area contributed by atoms with Crippen molar-refractivity contribution in [2.24, 2.45) is 5.92 Å². The Hall–Kier alpha value is -2.04. The quantitative estimate of drug-likeness (QED) is 0.646. The van der Waals surface area contributed by atoms with E-state index in [1.54, 1.807) is 14.2 Å². The van der Waals surface area contributed by atoms with Crippen LogP contribution in [0.3, 0.4) is 0 Å². The Morgan fingerprint density at radius 2 is 1.83 bits per heavy atom. The molecule has 1 aliphatic heterocycles. The highest BCUT2D eigenvalue weighted by Gasteiger charge is 2.35. The van der Waals surface area contributed by atoms with Crippen molar-refractivity contribution in [1.82, 2.24) is 0 Å². The summed E-state index contributed by atoms with van der Waals surface area (Å²) in [6, 6.07) is 16.9. The number of methoxy groups -OCH3 is 2. The van der Waals surface area contributed by atoms with Crippen molar-refractivity contribution in [2.45, 2.75) is 51.2 Å². The van der Waals surface area contributed by atoms with E-state index >= 15 is 0 Å². The molecule has 1 fully saturated rings. The van der Waals surface area contributed by atoms with Crippen molar-refractivity contribution in [3.05, 3.63) is 59.7 Å². The molecule has 29 heavy (non-hydrogen) atoms. The van der Waals surface area contributed by atoms with Crippen LogP contribution in [0.15, 0.2) is 48.5 Å². The first-order chi connectivity index (χ1) is 14.0. The average molecular weight is 399 g/mol. The van der Waals surface area contributed by atoms with Gasteiger partial charge in [-0.2, -0.15) is 0 Å². The minimum absolute atomic E-state index is 0.0456. The summed E-state index contributed by atoms with van der Waals surface area (Å²) in [5.74, 6) is 3.02. The molecule has 158 valence electrons. The van der Waals surface area contributed by atoms with Gasteiger partial charge in [-0.3, -0.25) is 0 Å². The van der Waals surface area contributed by atoms with Crippen LogP contribution >= 0.6 is 0 Å². The molecule has 4 heteroatoms. The lowest BCUT2D eigenvalue weighted by atomic mass is 9.75. The second kappa shape index (κ2) is 10.1. The van der Waals surface area contributed by atoms with Gasteiger partial charge < -0.3 is 19.5 Å². The molecule has 3 rings (SSSR count). The molecule has 2 atom stereocenters. The van der Waals surface area contributed by atoms with Gasteiger partial charge in [-0.25, -0.2) is 0 Å². The SMILES string of the molecule is COc1ccc(C[NH2+]CC[C@H](c2ccccc2OC)[C@H]2CCOC(C)(C)C2)cc1. The number of para-hydroxylation sites is 1. The minimum atomic E-state index is -0.0456. The van der Waals surface area contributed by atoms with E-state index in [9.17, 15) is 0 Å². The van der Waals surface area contributed by atoms with E-state index < -0.39 is 0 Å². The molecule has 0 radical (unpaired) electrons. The molecule has 0 bridgehead atoms. The van der Waals surface area contributed by atoms with Gasteiger partial charge >= 0.3 is 0 Å². The minimum Gasteiger partial charge on any atom is -0.497 e. The van der Waals surface area contributed by atoms with E-state index in [-0.39, 0.29) is 5.60 Å². The van der Waals surface area contributed by atoms with Gasteiger partial charge in [0.05, 0.1) is 26.4 Å². The van der Waals surface area contributed by atoms with Crippen molar-refractivity contribution < 1.29 is 19.5 Å². The molecule has 1 aliphatic rings. The van der Waals surface area contributed by atoms with Crippen molar-refractivity contribution in [2.75, 3.05) is 27.4 Å². The molecule has 0 spiro atoms. The first-order valence-corrected chi connectivity index (χ1v) is 10.7. The van der Waals surface area contributed by atoms with Crippen LogP contribution < -0.4 is 14.8 Å². The van der Waals surface area contributed by atoms with Crippen molar-refractivity contribution in [3.8, 4) is 11.5 Å². The maximum Gasteiger partial charge on any atom is 0.122 e. The number of rotatable bonds is 9. The van der Waals surface area contributed by atoms with Gasteiger partial charge in [0.15, 0.2) is 0 Å². The highest BCUT2D eigenvalue weighted by Crippen LogP contribution is 2.42. The van der Waals surface area contributed by atoms with E-state index in [4.69, 9.17) is 14.2 Å². The van der Waals surface area contributed by atoms with Crippen LogP contribution in [0, 0.1) is 5.92 Å². The summed E-state index contributed by atoms with van der Waals surface area (Å²) in [6.45, 7) is 7.36. The maximum absolute atomic E-state index is 5.99. The lowest BCUT2D eigenvalue weighted by molar-refractivity contribution is -0.671. The summed E-state index contributed by atoms with van der Waals surface area (Å²) >= 11 is 0. The fourth-order valence-electron chi connectivity index (χ4n) is 4.57. The number of ether oxygens (including phenoxy) is 3. The summed E-state index contributed by atoms with van der Waals surface area (Å²) < 4.78 is 17.0. The fraction of sp³-hybridized carbons (Fsp3) is 0.520. The zero-order valence-electron chi connectivity index (χ0n) is 18.3. The second-order valence-electron chi connectivity index (χ2n) is 8.63. The van der Waals surface area contributed by atoms with Gasteiger partial charge in [0.1, 0.15) is 18.0 Å².